The molecular formula is C29H27ClN9O+. The number of benzene rings is 2. The zero-order valence-electron chi connectivity index (χ0n) is 21.6. The minimum atomic E-state index is -0.0311. The van der Waals surface area contributed by atoms with Gasteiger partial charge in [0.05, 0.1) is 17.9 Å². The zero-order valence-corrected chi connectivity index (χ0v) is 22.4. The fourth-order valence-electron chi connectivity index (χ4n) is 4.89. The van der Waals surface area contributed by atoms with Gasteiger partial charge in [-0.05, 0) is 61.6 Å². The molecule has 2 N–H and O–H groups in total. The van der Waals surface area contributed by atoms with Gasteiger partial charge in [0, 0.05) is 39.5 Å². The molecule has 2 fully saturated rings. The second-order valence-electron chi connectivity index (χ2n) is 10.5. The minimum absolute atomic E-state index is 0.0264. The molecule has 0 spiro atoms. The summed E-state index contributed by atoms with van der Waals surface area (Å²) in [6, 6.07) is 17.6. The molecule has 40 heavy (non-hydrogen) atoms. The van der Waals surface area contributed by atoms with Gasteiger partial charge in [-0.3, -0.25) is 9.78 Å². The monoisotopic (exact) mass is 552 g/mol. The van der Waals surface area contributed by atoms with Crippen LogP contribution >= 0.6 is 11.6 Å². The molecule has 11 heteroatoms. The molecule has 3 heterocycles. The number of nitrogens with one attached hydrogen (secondary N) is 2. The number of amides is 1. The molecule has 0 bridgehead atoms. The Kier molecular flexibility index (Phi) is 6.31. The first-order valence-electron chi connectivity index (χ1n) is 13.5. The number of aromatic nitrogens is 8. The van der Waals surface area contributed by atoms with Crippen molar-refractivity contribution < 1.29 is 9.48 Å². The SMILES string of the molecule is O=C(NC1CC1)c1ccc(-c2cn(C(CC3CC3)c3ccc(-c4cc(Cl)ccc4-[n+]4cnn[nH]4)cn3)nn2)cc1. The van der Waals surface area contributed by atoms with Gasteiger partial charge in [0.2, 0.25) is 0 Å². The van der Waals surface area contributed by atoms with Gasteiger partial charge in [-0.1, -0.05) is 53.1 Å². The summed E-state index contributed by atoms with van der Waals surface area (Å²) in [7, 11) is 0. The van der Waals surface area contributed by atoms with Gasteiger partial charge in [-0.25, -0.2) is 4.68 Å². The van der Waals surface area contributed by atoms with E-state index in [1.807, 2.05) is 59.5 Å². The summed E-state index contributed by atoms with van der Waals surface area (Å²) in [5.74, 6) is 0.633. The van der Waals surface area contributed by atoms with Crippen molar-refractivity contribution in [3.05, 3.63) is 89.6 Å². The number of carbonyl (C=O) groups is 1. The standard InChI is InChI=1S/C29H26ClN9O/c30-22-8-12-27(39-17-32-35-37-39)24(14-22)21-7-11-25(31-15-21)28(13-18-1-2-18)38-16-26(34-36-38)19-3-5-20(6-4-19)29(40)33-23-9-10-23/h3-8,11-12,14-18,23,28H,1-2,9-10,13H2,(H,33,40)/p+1. The molecule has 2 aromatic carbocycles. The summed E-state index contributed by atoms with van der Waals surface area (Å²) >= 11 is 6.34. The third-order valence-corrected chi connectivity index (χ3v) is 7.71. The molecule has 1 atom stereocenters. The van der Waals surface area contributed by atoms with E-state index in [0.29, 0.717) is 22.5 Å². The molecular weight excluding hydrogens is 526 g/mol. The second-order valence-corrected chi connectivity index (χ2v) is 11.0. The molecule has 2 aliphatic carbocycles. The van der Waals surface area contributed by atoms with E-state index in [0.717, 1.165) is 53.0 Å². The quantitative estimate of drug-likeness (QED) is 0.263. The van der Waals surface area contributed by atoms with E-state index in [2.05, 4.69) is 43.3 Å². The highest BCUT2D eigenvalue weighted by Crippen LogP contribution is 2.39. The van der Waals surface area contributed by atoms with E-state index in [4.69, 9.17) is 16.6 Å². The summed E-state index contributed by atoms with van der Waals surface area (Å²) in [4.78, 5) is 17.2. The average Bonchev–Trinajstić information content (AvgIpc) is 3.87. The Morgan fingerprint density at radius 1 is 1.07 bits per heavy atom. The maximum Gasteiger partial charge on any atom is 0.293 e. The van der Waals surface area contributed by atoms with Crippen molar-refractivity contribution in [3.63, 3.8) is 0 Å². The number of rotatable bonds is 9. The fraction of sp³-hybridized carbons (Fsp3) is 0.276. The number of hydrogen-bond donors (Lipinski definition) is 2. The lowest BCUT2D eigenvalue weighted by atomic mass is 10.0. The van der Waals surface area contributed by atoms with E-state index >= 15 is 0 Å². The van der Waals surface area contributed by atoms with Crippen LogP contribution in [0.3, 0.4) is 0 Å². The van der Waals surface area contributed by atoms with Crippen LogP contribution in [-0.2, 0) is 0 Å². The third-order valence-electron chi connectivity index (χ3n) is 7.47. The van der Waals surface area contributed by atoms with Crippen LogP contribution < -0.4 is 10.00 Å². The molecule has 200 valence electrons. The van der Waals surface area contributed by atoms with Crippen LogP contribution in [0.5, 0.6) is 0 Å². The van der Waals surface area contributed by atoms with Gasteiger partial charge in [-0.15, -0.1) is 9.78 Å². The molecule has 5 aromatic rings. The lowest BCUT2D eigenvalue weighted by Crippen LogP contribution is -2.32. The van der Waals surface area contributed by atoms with Gasteiger partial charge in [0.1, 0.15) is 16.5 Å². The van der Waals surface area contributed by atoms with Gasteiger partial charge in [-0.2, -0.15) is 0 Å². The van der Waals surface area contributed by atoms with Gasteiger partial charge in [0.25, 0.3) is 12.2 Å². The van der Waals surface area contributed by atoms with Crippen LogP contribution in [-0.4, -0.2) is 47.5 Å². The number of pyridine rings is 1. The number of H-pyrrole nitrogens is 1. The Labute approximate surface area is 235 Å². The molecule has 2 aliphatic rings. The lowest BCUT2D eigenvalue weighted by molar-refractivity contribution is -0.659. The predicted octanol–water partition coefficient (Wildman–Crippen LogP) is 4.34. The molecule has 0 saturated heterocycles. The summed E-state index contributed by atoms with van der Waals surface area (Å²) in [5.41, 5.74) is 5.98. The number of carbonyl (C=O) groups excluding carboxylic acids is 1. The van der Waals surface area contributed by atoms with Crippen molar-refractivity contribution >= 4 is 17.5 Å². The van der Waals surface area contributed by atoms with Crippen LogP contribution in [0.4, 0.5) is 0 Å². The Balaban J connectivity index is 1.15. The Hall–Kier alpha value is -4.44. The maximum atomic E-state index is 12.3. The third kappa shape index (κ3) is 5.22. The summed E-state index contributed by atoms with van der Waals surface area (Å²) in [5, 5.41) is 23.2. The first kappa shape index (κ1) is 24.6. The molecule has 2 saturated carbocycles. The number of tetrazole rings is 1. The van der Waals surface area contributed by atoms with Gasteiger partial charge >= 0.3 is 0 Å². The van der Waals surface area contributed by atoms with Crippen LogP contribution in [0.2, 0.25) is 5.02 Å². The Bertz CT molecular complexity index is 1640. The molecule has 1 amide bonds. The van der Waals surface area contributed by atoms with E-state index < -0.39 is 0 Å². The van der Waals surface area contributed by atoms with E-state index in [9.17, 15) is 4.79 Å². The van der Waals surface area contributed by atoms with Crippen LogP contribution in [0, 0.1) is 5.92 Å². The Morgan fingerprint density at radius 3 is 2.60 bits per heavy atom. The Morgan fingerprint density at radius 2 is 1.90 bits per heavy atom. The summed E-state index contributed by atoms with van der Waals surface area (Å²) in [6.07, 6.45) is 11.0. The van der Waals surface area contributed by atoms with Crippen molar-refractivity contribution in [1.29, 1.82) is 0 Å². The van der Waals surface area contributed by atoms with Crippen LogP contribution in [0.15, 0.2) is 73.3 Å². The van der Waals surface area contributed by atoms with E-state index in [-0.39, 0.29) is 11.9 Å². The zero-order chi connectivity index (χ0) is 27.1. The number of nitrogens with zero attached hydrogens (tertiary/aromatic N) is 7. The van der Waals surface area contributed by atoms with E-state index in [1.54, 1.807) is 11.0 Å². The number of halogens is 1. The average molecular weight is 553 g/mol. The van der Waals surface area contributed by atoms with Gasteiger partial charge < -0.3 is 5.32 Å². The summed E-state index contributed by atoms with van der Waals surface area (Å²) in [6.45, 7) is 0. The smallest absolute Gasteiger partial charge is 0.293 e. The second kappa shape index (κ2) is 10.3. The molecule has 3 aromatic heterocycles. The highest BCUT2D eigenvalue weighted by molar-refractivity contribution is 6.31. The molecule has 1 unspecified atom stereocenters. The van der Waals surface area contributed by atoms with Crippen molar-refractivity contribution in [1.82, 2.24) is 40.8 Å². The van der Waals surface area contributed by atoms with Crippen LogP contribution in [0.1, 0.15) is 54.2 Å². The summed E-state index contributed by atoms with van der Waals surface area (Å²) < 4.78 is 3.65. The van der Waals surface area contributed by atoms with Crippen molar-refractivity contribution in [2.75, 3.05) is 0 Å². The van der Waals surface area contributed by atoms with Crippen molar-refractivity contribution in [2.24, 2.45) is 5.92 Å². The first-order chi connectivity index (χ1) is 19.6. The first-order valence-corrected chi connectivity index (χ1v) is 13.9. The maximum absolute atomic E-state index is 12.3. The predicted molar refractivity (Wildman–Crippen MR) is 148 cm³/mol. The lowest BCUT2D eigenvalue weighted by Gasteiger charge is -2.17. The van der Waals surface area contributed by atoms with Crippen molar-refractivity contribution in [2.45, 2.75) is 44.2 Å². The molecule has 0 aliphatic heterocycles. The van der Waals surface area contributed by atoms with Crippen LogP contribution in [0.25, 0.3) is 28.1 Å². The van der Waals surface area contributed by atoms with Crippen molar-refractivity contribution in [3.8, 4) is 28.1 Å². The van der Waals surface area contributed by atoms with Gasteiger partial charge in [0.15, 0.2) is 5.21 Å². The highest BCUT2D eigenvalue weighted by Gasteiger charge is 2.29. The largest absolute Gasteiger partial charge is 0.349 e. The molecule has 0 radical (unpaired) electrons. The fourth-order valence-corrected chi connectivity index (χ4v) is 5.06. The molecule has 7 rings (SSSR count). The van der Waals surface area contributed by atoms with E-state index in [1.165, 1.54) is 12.8 Å². The highest BCUT2D eigenvalue weighted by atomic mass is 35.5. The minimum Gasteiger partial charge on any atom is -0.349 e. The number of aromatic amines is 1. The normalized spacial score (nSPS) is 15.6. The molecule has 10 nitrogen and oxygen atoms in total. The number of hydrogen-bond acceptors (Lipinski definition) is 6. The topological polar surface area (TPSA) is 118 Å².